The van der Waals surface area contributed by atoms with Crippen LogP contribution in [0.15, 0.2) is 60.9 Å². The van der Waals surface area contributed by atoms with Crippen LogP contribution in [0.4, 0.5) is 4.39 Å². The van der Waals surface area contributed by atoms with E-state index in [9.17, 15) is 9.18 Å². The SMILES string of the molecule is COc1ccc(CCC(=O)NCc2ccccc2-n2cccn2)cc1F. The predicted molar refractivity (Wildman–Crippen MR) is 96.7 cm³/mol. The molecule has 3 aromatic rings. The lowest BCUT2D eigenvalue weighted by molar-refractivity contribution is -0.121. The van der Waals surface area contributed by atoms with Crippen LogP contribution in [0.1, 0.15) is 17.5 Å². The van der Waals surface area contributed by atoms with Crippen molar-refractivity contribution in [2.45, 2.75) is 19.4 Å². The summed E-state index contributed by atoms with van der Waals surface area (Å²) in [5, 5.41) is 7.14. The maximum absolute atomic E-state index is 13.7. The van der Waals surface area contributed by atoms with E-state index < -0.39 is 5.82 Å². The summed E-state index contributed by atoms with van der Waals surface area (Å²) in [6, 6.07) is 14.4. The van der Waals surface area contributed by atoms with E-state index in [0.29, 0.717) is 13.0 Å². The van der Waals surface area contributed by atoms with E-state index in [2.05, 4.69) is 10.4 Å². The minimum Gasteiger partial charge on any atom is -0.494 e. The van der Waals surface area contributed by atoms with Crippen molar-refractivity contribution in [3.05, 3.63) is 77.9 Å². The molecule has 1 N–H and O–H groups in total. The zero-order chi connectivity index (χ0) is 18.4. The number of hydrogen-bond donors (Lipinski definition) is 1. The highest BCUT2D eigenvalue weighted by Crippen LogP contribution is 2.18. The Morgan fingerprint density at radius 3 is 2.81 bits per heavy atom. The van der Waals surface area contributed by atoms with Gasteiger partial charge in [-0.15, -0.1) is 0 Å². The molecule has 0 saturated carbocycles. The molecule has 0 saturated heterocycles. The van der Waals surface area contributed by atoms with Gasteiger partial charge in [-0.05, 0) is 41.8 Å². The number of nitrogens with one attached hydrogen (secondary N) is 1. The van der Waals surface area contributed by atoms with Crippen molar-refractivity contribution in [3.8, 4) is 11.4 Å². The quantitative estimate of drug-likeness (QED) is 0.709. The van der Waals surface area contributed by atoms with Gasteiger partial charge in [-0.25, -0.2) is 9.07 Å². The average molecular weight is 353 g/mol. The van der Waals surface area contributed by atoms with Gasteiger partial charge in [0.25, 0.3) is 0 Å². The summed E-state index contributed by atoms with van der Waals surface area (Å²) in [5.41, 5.74) is 2.66. The van der Waals surface area contributed by atoms with Gasteiger partial charge in [0.05, 0.1) is 12.8 Å². The van der Waals surface area contributed by atoms with E-state index in [0.717, 1.165) is 16.8 Å². The van der Waals surface area contributed by atoms with E-state index in [-0.39, 0.29) is 18.1 Å². The number of benzene rings is 2. The van der Waals surface area contributed by atoms with E-state index in [1.54, 1.807) is 23.0 Å². The number of ether oxygens (including phenoxy) is 1. The van der Waals surface area contributed by atoms with Crippen LogP contribution in [0.5, 0.6) is 5.75 Å². The average Bonchev–Trinajstić information content (AvgIpc) is 3.19. The number of aromatic nitrogens is 2. The van der Waals surface area contributed by atoms with Gasteiger partial charge in [0, 0.05) is 25.4 Å². The molecule has 0 bridgehead atoms. The van der Waals surface area contributed by atoms with Crippen molar-refractivity contribution >= 4 is 5.91 Å². The summed E-state index contributed by atoms with van der Waals surface area (Å²) < 4.78 is 20.3. The standard InChI is InChI=1S/C20H20FN3O2/c1-26-19-9-7-15(13-17(19)21)8-10-20(25)22-14-16-5-2-3-6-18(16)24-12-4-11-23-24/h2-7,9,11-13H,8,10,14H2,1H3,(H,22,25). The second kappa shape index (κ2) is 8.29. The third-order valence-corrected chi connectivity index (χ3v) is 4.08. The Morgan fingerprint density at radius 1 is 1.23 bits per heavy atom. The Morgan fingerprint density at radius 2 is 2.08 bits per heavy atom. The lowest BCUT2D eigenvalue weighted by Gasteiger charge is -2.11. The second-order valence-electron chi connectivity index (χ2n) is 5.82. The van der Waals surface area contributed by atoms with Crippen LogP contribution in [0.25, 0.3) is 5.69 Å². The van der Waals surface area contributed by atoms with Gasteiger partial charge in [-0.3, -0.25) is 4.79 Å². The fourth-order valence-electron chi connectivity index (χ4n) is 2.70. The smallest absolute Gasteiger partial charge is 0.220 e. The second-order valence-corrected chi connectivity index (χ2v) is 5.82. The predicted octanol–water partition coefficient (Wildman–Crippen LogP) is 3.27. The topological polar surface area (TPSA) is 56.1 Å². The van der Waals surface area contributed by atoms with Crippen molar-refractivity contribution < 1.29 is 13.9 Å². The molecule has 1 aromatic heterocycles. The van der Waals surface area contributed by atoms with Gasteiger partial charge in [0.15, 0.2) is 11.6 Å². The van der Waals surface area contributed by atoms with Crippen LogP contribution < -0.4 is 10.1 Å². The Balaban J connectivity index is 1.56. The molecule has 0 atom stereocenters. The molecule has 134 valence electrons. The Kier molecular flexibility index (Phi) is 5.63. The minimum atomic E-state index is -0.418. The maximum Gasteiger partial charge on any atom is 0.220 e. The summed E-state index contributed by atoms with van der Waals surface area (Å²) in [6.07, 6.45) is 4.32. The maximum atomic E-state index is 13.7. The highest BCUT2D eigenvalue weighted by Gasteiger charge is 2.08. The Hall–Kier alpha value is -3.15. The van der Waals surface area contributed by atoms with E-state index in [4.69, 9.17) is 4.74 Å². The van der Waals surface area contributed by atoms with Gasteiger partial charge in [0.1, 0.15) is 0 Å². The number of carbonyl (C=O) groups excluding carboxylic acids is 1. The molecule has 0 unspecified atom stereocenters. The van der Waals surface area contributed by atoms with Crippen LogP contribution in [0.3, 0.4) is 0 Å². The first-order valence-electron chi connectivity index (χ1n) is 8.34. The van der Waals surface area contributed by atoms with E-state index in [1.165, 1.54) is 13.2 Å². The summed E-state index contributed by atoms with van der Waals surface area (Å²) in [5.74, 6) is -0.302. The third-order valence-electron chi connectivity index (χ3n) is 4.08. The summed E-state index contributed by atoms with van der Waals surface area (Å²) in [6.45, 7) is 0.409. The first-order chi connectivity index (χ1) is 12.7. The number of amides is 1. The van der Waals surface area contributed by atoms with Crippen molar-refractivity contribution in [1.82, 2.24) is 15.1 Å². The number of halogens is 1. The lowest BCUT2D eigenvalue weighted by Crippen LogP contribution is -2.23. The number of aryl methyl sites for hydroxylation is 1. The van der Waals surface area contributed by atoms with Crippen LogP contribution in [0.2, 0.25) is 0 Å². The molecule has 26 heavy (non-hydrogen) atoms. The van der Waals surface area contributed by atoms with Crippen LogP contribution >= 0.6 is 0 Å². The summed E-state index contributed by atoms with van der Waals surface area (Å²) >= 11 is 0. The molecule has 2 aromatic carbocycles. The number of rotatable bonds is 7. The zero-order valence-corrected chi connectivity index (χ0v) is 14.5. The van der Waals surface area contributed by atoms with Crippen molar-refractivity contribution in [2.75, 3.05) is 7.11 Å². The lowest BCUT2D eigenvalue weighted by atomic mass is 10.1. The van der Waals surface area contributed by atoms with Crippen LogP contribution in [-0.2, 0) is 17.8 Å². The van der Waals surface area contributed by atoms with Gasteiger partial charge >= 0.3 is 0 Å². The number of methoxy groups -OCH3 is 1. The Bertz CT molecular complexity index is 879. The molecule has 0 aliphatic carbocycles. The number of hydrogen-bond acceptors (Lipinski definition) is 3. The van der Waals surface area contributed by atoms with Gasteiger partial charge < -0.3 is 10.1 Å². The van der Waals surface area contributed by atoms with Crippen molar-refractivity contribution in [1.29, 1.82) is 0 Å². The van der Waals surface area contributed by atoms with Crippen LogP contribution in [0, 0.1) is 5.82 Å². The zero-order valence-electron chi connectivity index (χ0n) is 14.5. The fraction of sp³-hybridized carbons (Fsp3) is 0.200. The molecule has 5 nitrogen and oxygen atoms in total. The van der Waals surface area contributed by atoms with Crippen molar-refractivity contribution in [2.24, 2.45) is 0 Å². The first-order valence-corrected chi connectivity index (χ1v) is 8.34. The largest absolute Gasteiger partial charge is 0.494 e. The van der Waals surface area contributed by atoms with Gasteiger partial charge in [-0.1, -0.05) is 24.3 Å². The highest BCUT2D eigenvalue weighted by atomic mass is 19.1. The Labute approximate surface area is 151 Å². The molecule has 1 amide bonds. The van der Waals surface area contributed by atoms with Gasteiger partial charge in [-0.2, -0.15) is 5.10 Å². The van der Waals surface area contributed by atoms with E-state index >= 15 is 0 Å². The third kappa shape index (κ3) is 4.27. The molecule has 0 aliphatic heterocycles. The molecule has 0 radical (unpaired) electrons. The van der Waals surface area contributed by atoms with Gasteiger partial charge in [0.2, 0.25) is 5.91 Å². The normalized spacial score (nSPS) is 10.5. The molecule has 0 spiro atoms. The summed E-state index contributed by atoms with van der Waals surface area (Å²) in [4.78, 5) is 12.1. The molecule has 6 heteroatoms. The number of para-hydroxylation sites is 1. The highest BCUT2D eigenvalue weighted by molar-refractivity contribution is 5.76. The molecular formula is C20H20FN3O2. The summed E-state index contributed by atoms with van der Waals surface area (Å²) in [7, 11) is 1.42. The fourth-order valence-corrected chi connectivity index (χ4v) is 2.70. The first kappa shape index (κ1) is 17.7. The van der Waals surface area contributed by atoms with Crippen molar-refractivity contribution in [3.63, 3.8) is 0 Å². The minimum absolute atomic E-state index is 0.0866. The molecule has 0 aliphatic rings. The number of nitrogens with zero attached hydrogens (tertiary/aromatic N) is 2. The monoisotopic (exact) mass is 353 g/mol. The van der Waals surface area contributed by atoms with Crippen LogP contribution in [-0.4, -0.2) is 22.8 Å². The molecule has 3 rings (SSSR count). The van der Waals surface area contributed by atoms with E-state index in [1.807, 2.05) is 36.5 Å². The number of carbonyl (C=O) groups is 1. The molecule has 1 heterocycles. The molecule has 0 fully saturated rings. The molecular weight excluding hydrogens is 333 g/mol.